The molecule has 0 bridgehead atoms. The van der Waals surface area contributed by atoms with E-state index in [1.165, 1.54) is 6.20 Å². The van der Waals surface area contributed by atoms with E-state index in [2.05, 4.69) is 32.5 Å². The van der Waals surface area contributed by atoms with Crippen molar-refractivity contribution in [2.45, 2.75) is 12.8 Å². The topological polar surface area (TPSA) is 68.1 Å². The highest BCUT2D eigenvalue weighted by Crippen LogP contribution is 2.30. The zero-order valence-electron chi connectivity index (χ0n) is 9.48. The van der Waals surface area contributed by atoms with E-state index in [4.69, 9.17) is 0 Å². The normalized spacial score (nSPS) is 10.2. The molecular formula is C10H14BrN3O2S. The number of aromatic nitrogens is 1. The molecule has 1 heterocycles. The Morgan fingerprint density at radius 3 is 2.94 bits per heavy atom. The molecule has 0 aromatic carbocycles. The van der Waals surface area contributed by atoms with E-state index in [0.29, 0.717) is 10.2 Å². The van der Waals surface area contributed by atoms with Crippen LogP contribution in [0.3, 0.4) is 0 Å². The minimum absolute atomic E-state index is 0.00393. The van der Waals surface area contributed by atoms with Gasteiger partial charge in [-0.3, -0.25) is 15.1 Å². The van der Waals surface area contributed by atoms with Gasteiger partial charge < -0.3 is 5.32 Å². The molecule has 1 aromatic heterocycles. The van der Waals surface area contributed by atoms with E-state index in [1.54, 1.807) is 18.0 Å². The average Bonchev–Trinajstić information content (AvgIpc) is 2.30. The van der Waals surface area contributed by atoms with Crippen LogP contribution in [-0.2, 0) is 0 Å². The number of nitrogens with one attached hydrogen (secondary N) is 1. The first-order valence-electron chi connectivity index (χ1n) is 5.17. The van der Waals surface area contributed by atoms with Crippen LogP contribution in [0.5, 0.6) is 0 Å². The quantitative estimate of drug-likeness (QED) is 0.474. The van der Waals surface area contributed by atoms with Gasteiger partial charge in [0.25, 0.3) is 0 Å². The van der Waals surface area contributed by atoms with Crippen molar-refractivity contribution in [1.82, 2.24) is 4.98 Å². The standard InChI is InChI=1S/C10H14BrN3O2S/c1-17-5-3-2-4-13-10-8(11)6-12-7-9(10)14(15)16/h6-7H,2-5H2,1H3,(H,12,13). The molecule has 0 unspecified atom stereocenters. The Morgan fingerprint density at radius 1 is 1.53 bits per heavy atom. The Hall–Kier alpha value is -0.820. The van der Waals surface area contributed by atoms with Crippen LogP contribution in [0.25, 0.3) is 0 Å². The summed E-state index contributed by atoms with van der Waals surface area (Å²) >= 11 is 5.07. The molecule has 0 amide bonds. The Bertz CT molecular complexity index is 390. The Morgan fingerprint density at radius 2 is 2.29 bits per heavy atom. The fourth-order valence-electron chi connectivity index (χ4n) is 1.32. The number of hydrogen-bond acceptors (Lipinski definition) is 5. The molecule has 94 valence electrons. The van der Waals surface area contributed by atoms with E-state index in [-0.39, 0.29) is 5.69 Å². The second-order valence-corrected chi connectivity index (χ2v) is 5.24. The van der Waals surface area contributed by atoms with Gasteiger partial charge in [-0.15, -0.1) is 0 Å². The number of rotatable bonds is 7. The summed E-state index contributed by atoms with van der Waals surface area (Å²) in [6, 6.07) is 0. The van der Waals surface area contributed by atoms with Crippen molar-refractivity contribution in [3.05, 3.63) is 27.0 Å². The summed E-state index contributed by atoms with van der Waals surface area (Å²) < 4.78 is 0.622. The van der Waals surface area contributed by atoms with Crippen LogP contribution in [0, 0.1) is 10.1 Å². The summed E-state index contributed by atoms with van der Waals surface area (Å²) in [7, 11) is 0. The monoisotopic (exact) mass is 319 g/mol. The van der Waals surface area contributed by atoms with Crippen molar-refractivity contribution in [1.29, 1.82) is 0 Å². The third-order valence-corrected chi connectivity index (χ3v) is 3.45. The molecule has 1 rings (SSSR count). The van der Waals surface area contributed by atoms with Gasteiger partial charge >= 0.3 is 5.69 Å². The Labute approximate surface area is 113 Å². The highest BCUT2D eigenvalue weighted by Gasteiger charge is 2.16. The summed E-state index contributed by atoms with van der Waals surface area (Å²) in [5, 5.41) is 13.9. The molecule has 1 N–H and O–H groups in total. The zero-order chi connectivity index (χ0) is 12.7. The van der Waals surface area contributed by atoms with E-state index < -0.39 is 4.92 Å². The molecule has 0 aliphatic carbocycles. The molecule has 7 heteroatoms. The van der Waals surface area contributed by atoms with Crippen molar-refractivity contribution < 1.29 is 4.92 Å². The number of unbranched alkanes of at least 4 members (excludes halogenated alkanes) is 1. The molecule has 1 aromatic rings. The van der Waals surface area contributed by atoms with E-state index >= 15 is 0 Å². The lowest BCUT2D eigenvalue weighted by atomic mass is 10.3. The smallest absolute Gasteiger partial charge is 0.311 e. The van der Waals surface area contributed by atoms with Crippen molar-refractivity contribution in [2.24, 2.45) is 0 Å². The lowest BCUT2D eigenvalue weighted by Crippen LogP contribution is -2.05. The maximum atomic E-state index is 10.8. The molecule has 0 radical (unpaired) electrons. The first-order valence-corrected chi connectivity index (χ1v) is 7.36. The molecular weight excluding hydrogens is 306 g/mol. The second-order valence-electron chi connectivity index (χ2n) is 3.40. The minimum Gasteiger partial charge on any atom is -0.378 e. The highest BCUT2D eigenvalue weighted by atomic mass is 79.9. The van der Waals surface area contributed by atoms with Gasteiger partial charge in [-0.05, 0) is 40.8 Å². The average molecular weight is 320 g/mol. The third-order valence-electron chi connectivity index (χ3n) is 2.15. The van der Waals surface area contributed by atoms with Crippen LogP contribution in [0.2, 0.25) is 0 Å². The molecule has 0 fully saturated rings. The van der Waals surface area contributed by atoms with E-state index in [9.17, 15) is 10.1 Å². The Kier molecular flexibility index (Phi) is 6.28. The number of anilines is 1. The highest BCUT2D eigenvalue weighted by molar-refractivity contribution is 9.10. The van der Waals surface area contributed by atoms with Gasteiger partial charge in [0.15, 0.2) is 0 Å². The molecule has 17 heavy (non-hydrogen) atoms. The number of halogens is 1. The van der Waals surface area contributed by atoms with E-state index in [1.807, 2.05) is 0 Å². The van der Waals surface area contributed by atoms with Gasteiger partial charge in [-0.25, -0.2) is 0 Å². The first kappa shape index (κ1) is 14.2. The summed E-state index contributed by atoms with van der Waals surface area (Å²) in [5.74, 6) is 1.11. The number of nitro groups is 1. The number of thioether (sulfide) groups is 1. The van der Waals surface area contributed by atoms with Crippen LogP contribution in [0.4, 0.5) is 11.4 Å². The van der Waals surface area contributed by atoms with Gasteiger partial charge in [-0.1, -0.05) is 0 Å². The van der Waals surface area contributed by atoms with Crippen LogP contribution >= 0.6 is 27.7 Å². The molecule has 0 spiro atoms. The van der Waals surface area contributed by atoms with E-state index in [0.717, 1.165) is 25.1 Å². The SMILES string of the molecule is CSCCCCNc1c(Br)cncc1[N+](=O)[O-]. The lowest BCUT2D eigenvalue weighted by Gasteiger charge is -2.08. The number of pyridine rings is 1. The summed E-state index contributed by atoms with van der Waals surface area (Å²) in [6.07, 6.45) is 6.97. The van der Waals surface area contributed by atoms with Crippen LogP contribution < -0.4 is 5.32 Å². The van der Waals surface area contributed by atoms with Crippen molar-refractivity contribution in [2.75, 3.05) is 23.9 Å². The van der Waals surface area contributed by atoms with Crippen LogP contribution in [0.1, 0.15) is 12.8 Å². The summed E-state index contributed by atoms with van der Waals surface area (Å²) in [5.41, 5.74) is 0.512. The molecule has 0 saturated carbocycles. The third kappa shape index (κ3) is 4.51. The summed E-state index contributed by atoms with van der Waals surface area (Å²) in [6.45, 7) is 0.726. The van der Waals surface area contributed by atoms with Crippen LogP contribution in [-0.4, -0.2) is 28.5 Å². The van der Waals surface area contributed by atoms with Crippen molar-refractivity contribution in [3.8, 4) is 0 Å². The molecule has 0 aliphatic heterocycles. The molecule has 0 saturated heterocycles. The predicted octanol–water partition coefficient (Wildman–Crippen LogP) is 3.31. The number of hydrogen-bond donors (Lipinski definition) is 1. The fraction of sp³-hybridized carbons (Fsp3) is 0.500. The van der Waals surface area contributed by atoms with Gasteiger partial charge in [-0.2, -0.15) is 11.8 Å². The maximum Gasteiger partial charge on any atom is 0.311 e. The largest absolute Gasteiger partial charge is 0.378 e. The van der Waals surface area contributed by atoms with Gasteiger partial charge in [0, 0.05) is 12.7 Å². The molecule has 0 atom stereocenters. The fourth-order valence-corrected chi connectivity index (χ4v) is 2.28. The predicted molar refractivity (Wildman–Crippen MR) is 74.7 cm³/mol. The Balaban J connectivity index is 2.60. The zero-order valence-corrected chi connectivity index (χ0v) is 11.9. The maximum absolute atomic E-state index is 10.8. The number of nitrogens with zero attached hydrogens (tertiary/aromatic N) is 2. The second kappa shape index (κ2) is 7.50. The molecule has 0 aliphatic rings. The van der Waals surface area contributed by atoms with Crippen molar-refractivity contribution >= 4 is 39.1 Å². The minimum atomic E-state index is -0.429. The van der Waals surface area contributed by atoms with Crippen molar-refractivity contribution in [3.63, 3.8) is 0 Å². The van der Waals surface area contributed by atoms with Gasteiger partial charge in [0.05, 0.1) is 9.40 Å². The van der Waals surface area contributed by atoms with Crippen LogP contribution in [0.15, 0.2) is 16.9 Å². The molecule has 5 nitrogen and oxygen atoms in total. The first-order chi connectivity index (χ1) is 8.16. The van der Waals surface area contributed by atoms with Gasteiger partial charge in [0.1, 0.15) is 11.9 Å². The summed E-state index contributed by atoms with van der Waals surface area (Å²) in [4.78, 5) is 14.2. The lowest BCUT2D eigenvalue weighted by molar-refractivity contribution is -0.384. The van der Waals surface area contributed by atoms with Gasteiger partial charge in [0.2, 0.25) is 0 Å².